The van der Waals surface area contributed by atoms with E-state index in [9.17, 15) is 14.7 Å². The Hall–Kier alpha value is -3.86. The van der Waals surface area contributed by atoms with E-state index in [1.807, 2.05) is 36.4 Å². The zero-order chi connectivity index (χ0) is 19.8. The second-order valence-corrected chi connectivity index (χ2v) is 6.02. The Bertz CT molecular complexity index is 996. The van der Waals surface area contributed by atoms with Crippen LogP contribution in [0.1, 0.15) is 21.5 Å². The summed E-state index contributed by atoms with van der Waals surface area (Å²) in [4.78, 5) is 23.4. The molecule has 0 heterocycles. The molecule has 0 bridgehead atoms. The Morgan fingerprint density at radius 2 is 1.68 bits per heavy atom. The van der Waals surface area contributed by atoms with E-state index in [1.54, 1.807) is 36.4 Å². The molecule has 0 aromatic heterocycles. The molecule has 5 heteroatoms. The van der Waals surface area contributed by atoms with Crippen LogP contribution in [0.25, 0.3) is 6.08 Å². The van der Waals surface area contributed by atoms with Crippen molar-refractivity contribution in [2.24, 2.45) is 0 Å². The van der Waals surface area contributed by atoms with Crippen LogP contribution in [-0.4, -0.2) is 17.0 Å². The normalized spacial score (nSPS) is 10.6. The molecular weight excluding hydrogens is 354 g/mol. The standard InChI is InChI=1S/C23H19NO4/c25-22(14-13-18-9-4-5-12-21(18)23(26)27)24-19-10-6-11-20(15-19)28-16-17-7-2-1-3-8-17/h1-15H,16H2,(H,24,25)(H,26,27). The summed E-state index contributed by atoms with van der Waals surface area (Å²) in [6.07, 6.45) is 2.79. The van der Waals surface area contributed by atoms with Gasteiger partial charge in [0, 0.05) is 17.8 Å². The highest BCUT2D eigenvalue weighted by Gasteiger charge is 2.07. The number of rotatable bonds is 7. The van der Waals surface area contributed by atoms with Gasteiger partial charge in [0.05, 0.1) is 5.56 Å². The number of carbonyl (C=O) groups excluding carboxylic acids is 1. The first-order chi connectivity index (χ1) is 13.6. The van der Waals surface area contributed by atoms with E-state index < -0.39 is 5.97 Å². The number of amides is 1. The zero-order valence-electron chi connectivity index (χ0n) is 15.0. The van der Waals surface area contributed by atoms with Crippen LogP contribution in [0.2, 0.25) is 0 Å². The number of hydrogen-bond acceptors (Lipinski definition) is 3. The van der Waals surface area contributed by atoms with Crippen molar-refractivity contribution in [2.75, 3.05) is 5.32 Å². The fraction of sp³-hybridized carbons (Fsp3) is 0.0435. The third-order valence-corrected chi connectivity index (χ3v) is 3.96. The maximum Gasteiger partial charge on any atom is 0.336 e. The van der Waals surface area contributed by atoms with E-state index in [4.69, 9.17) is 4.74 Å². The van der Waals surface area contributed by atoms with Gasteiger partial charge >= 0.3 is 5.97 Å². The van der Waals surface area contributed by atoms with Crippen molar-refractivity contribution in [1.82, 2.24) is 0 Å². The molecule has 5 nitrogen and oxygen atoms in total. The summed E-state index contributed by atoms with van der Waals surface area (Å²) in [6, 6.07) is 23.4. The smallest absolute Gasteiger partial charge is 0.336 e. The van der Waals surface area contributed by atoms with Gasteiger partial charge in [-0.15, -0.1) is 0 Å². The number of anilines is 1. The van der Waals surface area contributed by atoms with Crippen molar-refractivity contribution in [2.45, 2.75) is 6.61 Å². The quantitative estimate of drug-likeness (QED) is 0.593. The molecule has 0 fully saturated rings. The van der Waals surface area contributed by atoms with Crippen LogP contribution >= 0.6 is 0 Å². The first-order valence-corrected chi connectivity index (χ1v) is 8.70. The number of carboxylic acid groups (broad SMARTS) is 1. The second kappa shape index (κ2) is 9.19. The lowest BCUT2D eigenvalue weighted by molar-refractivity contribution is -0.111. The van der Waals surface area contributed by atoms with Crippen molar-refractivity contribution in [3.63, 3.8) is 0 Å². The number of carboxylic acids is 1. The van der Waals surface area contributed by atoms with E-state index in [2.05, 4.69) is 5.32 Å². The molecule has 0 saturated heterocycles. The summed E-state index contributed by atoms with van der Waals surface area (Å²) in [5.74, 6) is -0.758. The summed E-state index contributed by atoms with van der Waals surface area (Å²) in [5.41, 5.74) is 2.25. The largest absolute Gasteiger partial charge is 0.489 e. The number of nitrogens with one attached hydrogen (secondary N) is 1. The van der Waals surface area contributed by atoms with Gasteiger partial charge in [0.1, 0.15) is 12.4 Å². The van der Waals surface area contributed by atoms with E-state index in [-0.39, 0.29) is 11.5 Å². The lowest BCUT2D eigenvalue weighted by Crippen LogP contribution is -2.08. The first kappa shape index (κ1) is 18.9. The lowest BCUT2D eigenvalue weighted by Gasteiger charge is -2.08. The number of aromatic carboxylic acids is 1. The maximum atomic E-state index is 12.2. The molecule has 0 aliphatic rings. The van der Waals surface area contributed by atoms with E-state index in [1.165, 1.54) is 18.2 Å². The van der Waals surface area contributed by atoms with Crippen LogP contribution in [-0.2, 0) is 11.4 Å². The van der Waals surface area contributed by atoms with Gasteiger partial charge in [-0.25, -0.2) is 4.79 Å². The number of benzene rings is 3. The molecule has 3 aromatic rings. The molecule has 28 heavy (non-hydrogen) atoms. The summed E-state index contributed by atoms with van der Waals surface area (Å²) >= 11 is 0. The van der Waals surface area contributed by atoms with Crippen molar-refractivity contribution in [3.8, 4) is 5.75 Å². The Labute approximate surface area is 162 Å². The minimum Gasteiger partial charge on any atom is -0.489 e. The minimum atomic E-state index is -1.04. The highest BCUT2D eigenvalue weighted by molar-refractivity contribution is 6.03. The van der Waals surface area contributed by atoms with Crippen molar-refractivity contribution < 1.29 is 19.4 Å². The van der Waals surface area contributed by atoms with Crippen LogP contribution in [0.3, 0.4) is 0 Å². The van der Waals surface area contributed by atoms with Crippen LogP contribution in [0.4, 0.5) is 5.69 Å². The summed E-state index contributed by atoms with van der Waals surface area (Å²) in [7, 11) is 0. The first-order valence-electron chi connectivity index (χ1n) is 8.70. The Morgan fingerprint density at radius 1 is 0.929 bits per heavy atom. The topological polar surface area (TPSA) is 75.6 Å². The summed E-state index contributed by atoms with van der Waals surface area (Å²) in [6.45, 7) is 0.435. The van der Waals surface area contributed by atoms with Crippen LogP contribution in [0, 0.1) is 0 Å². The van der Waals surface area contributed by atoms with Gasteiger partial charge in [-0.3, -0.25) is 4.79 Å². The monoisotopic (exact) mass is 373 g/mol. The molecule has 0 radical (unpaired) electrons. The highest BCUT2D eigenvalue weighted by Crippen LogP contribution is 2.19. The van der Waals surface area contributed by atoms with Gasteiger partial charge in [0.25, 0.3) is 0 Å². The van der Waals surface area contributed by atoms with Gasteiger partial charge in [-0.2, -0.15) is 0 Å². The average molecular weight is 373 g/mol. The Balaban J connectivity index is 1.62. The summed E-state index contributed by atoms with van der Waals surface area (Å²) in [5, 5.41) is 11.9. The number of ether oxygens (including phenoxy) is 1. The molecule has 3 rings (SSSR count). The second-order valence-electron chi connectivity index (χ2n) is 6.02. The molecule has 0 unspecified atom stereocenters. The van der Waals surface area contributed by atoms with Gasteiger partial charge in [-0.1, -0.05) is 54.6 Å². The van der Waals surface area contributed by atoms with Gasteiger partial charge in [0.2, 0.25) is 5.91 Å². The third kappa shape index (κ3) is 5.32. The molecule has 140 valence electrons. The SMILES string of the molecule is O=C(C=Cc1ccccc1C(=O)O)Nc1cccc(OCc2ccccc2)c1. The molecule has 0 spiro atoms. The van der Waals surface area contributed by atoms with Crippen LogP contribution in [0.5, 0.6) is 5.75 Å². The van der Waals surface area contributed by atoms with E-state index in [0.717, 1.165) is 5.56 Å². The minimum absolute atomic E-state index is 0.142. The van der Waals surface area contributed by atoms with E-state index in [0.29, 0.717) is 23.6 Å². The zero-order valence-corrected chi connectivity index (χ0v) is 15.0. The lowest BCUT2D eigenvalue weighted by atomic mass is 10.1. The average Bonchev–Trinajstić information content (AvgIpc) is 2.72. The van der Waals surface area contributed by atoms with Crippen LogP contribution in [0.15, 0.2) is 84.9 Å². The molecule has 3 aromatic carbocycles. The molecule has 0 aliphatic carbocycles. The predicted octanol–water partition coefficient (Wildman–Crippen LogP) is 4.62. The maximum absolute atomic E-state index is 12.2. The van der Waals surface area contributed by atoms with Crippen molar-refractivity contribution in [1.29, 1.82) is 0 Å². The molecule has 0 saturated carbocycles. The summed E-state index contributed by atoms with van der Waals surface area (Å²) < 4.78 is 5.75. The van der Waals surface area contributed by atoms with Gasteiger partial charge in [-0.05, 0) is 35.4 Å². The third-order valence-electron chi connectivity index (χ3n) is 3.96. The van der Waals surface area contributed by atoms with Gasteiger partial charge < -0.3 is 15.2 Å². The molecule has 0 atom stereocenters. The Morgan fingerprint density at radius 3 is 2.46 bits per heavy atom. The molecule has 2 N–H and O–H groups in total. The Kier molecular flexibility index (Phi) is 6.21. The van der Waals surface area contributed by atoms with Crippen molar-refractivity contribution in [3.05, 3.63) is 102 Å². The van der Waals surface area contributed by atoms with Crippen molar-refractivity contribution >= 4 is 23.6 Å². The molecular formula is C23H19NO4. The van der Waals surface area contributed by atoms with E-state index >= 15 is 0 Å². The van der Waals surface area contributed by atoms with Crippen LogP contribution < -0.4 is 10.1 Å². The predicted molar refractivity (Wildman–Crippen MR) is 108 cm³/mol. The van der Waals surface area contributed by atoms with Gasteiger partial charge in [0.15, 0.2) is 0 Å². The molecule has 0 aliphatic heterocycles. The molecule has 1 amide bonds. The number of carbonyl (C=O) groups is 2. The highest BCUT2D eigenvalue weighted by atomic mass is 16.5. The fourth-order valence-electron chi connectivity index (χ4n) is 2.59. The number of hydrogen-bond donors (Lipinski definition) is 2. The fourth-order valence-corrected chi connectivity index (χ4v) is 2.59.